The average Bonchev–Trinajstić information content (AvgIpc) is 3.31. The van der Waals surface area contributed by atoms with Gasteiger partial charge in [0.15, 0.2) is 0 Å². The molecule has 0 spiro atoms. The van der Waals surface area contributed by atoms with Crippen LogP contribution in [0.25, 0.3) is 10.9 Å². The van der Waals surface area contributed by atoms with Crippen molar-refractivity contribution in [1.82, 2.24) is 14.8 Å². The van der Waals surface area contributed by atoms with Crippen LogP contribution >= 0.6 is 15.9 Å². The van der Waals surface area contributed by atoms with Gasteiger partial charge in [-0.15, -0.1) is 0 Å². The topological polar surface area (TPSA) is 68.4 Å². The summed E-state index contributed by atoms with van der Waals surface area (Å²) in [5.41, 5.74) is 4.01. The number of hydrogen-bond donors (Lipinski definition) is 2. The minimum absolute atomic E-state index is 0.0151. The van der Waals surface area contributed by atoms with Gasteiger partial charge in [-0.1, -0.05) is 78.3 Å². The number of rotatable bonds is 10. The summed E-state index contributed by atoms with van der Waals surface area (Å²) in [5.74, 6) is 0.146. The summed E-state index contributed by atoms with van der Waals surface area (Å²) in [5, 5.41) is 4.11. The second kappa shape index (κ2) is 12.6. The third-order valence-electron chi connectivity index (χ3n) is 6.19. The van der Waals surface area contributed by atoms with Crippen LogP contribution in [0, 0.1) is 5.92 Å². The third-order valence-corrected chi connectivity index (χ3v) is 6.72. The van der Waals surface area contributed by atoms with E-state index in [1.807, 2.05) is 91.7 Å². The molecule has 0 fully saturated rings. The molecular formula is C30H33BrN4O2. The summed E-state index contributed by atoms with van der Waals surface area (Å²) in [4.78, 5) is 33.6. The zero-order chi connectivity index (χ0) is 26.2. The van der Waals surface area contributed by atoms with Crippen LogP contribution in [-0.4, -0.2) is 46.4 Å². The molecule has 0 aliphatic heterocycles. The summed E-state index contributed by atoms with van der Waals surface area (Å²) in [7, 11) is 0. The fourth-order valence-corrected chi connectivity index (χ4v) is 4.61. The number of carbonyl (C=O) groups is 2. The monoisotopic (exact) mass is 560 g/mol. The molecule has 0 unspecified atom stereocenters. The Morgan fingerprint density at radius 2 is 1.62 bits per heavy atom. The van der Waals surface area contributed by atoms with E-state index in [-0.39, 0.29) is 24.4 Å². The van der Waals surface area contributed by atoms with E-state index in [0.717, 1.165) is 22.0 Å². The maximum atomic E-state index is 13.7. The molecule has 1 heterocycles. The van der Waals surface area contributed by atoms with Gasteiger partial charge in [0.25, 0.3) is 0 Å². The van der Waals surface area contributed by atoms with Crippen LogP contribution in [0.15, 0.2) is 89.5 Å². The molecule has 0 bridgehead atoms. The summed E-state index contributed by atoms with van der Waals surface area (Å²) >= 11 is 3.42. The Balaban J connectivity index is 1.50. The van der Waals surface area contributed by atoms with Crippen molar-refractivity contribution < 1.29 is 9.59 Å². The fraction of sp³-hybridized carbons (Fsp3) is 0.267. The Morgan fingerprint density at radius 3 is 2.35 bits per heavy atom. The normalized spacial score (nSPS) is 11.0. The van der Waals surface area contributed by atoms with Gasteiger partial charge in [0, 0.05) is 46.9 Å². The van der Waals surface area contributed by atoms with Crippen LogP contribution in [0.3, 0.4) is 0 Å². The molecule has 0 aliphatic carbocycles. The van der Waals surface area contributed by atoms with Gasteiger partial charge in [0.1, 0.15) is 6.54 Å². The van der Waals surface area contributed by atoms with Crippen LogP contribution in [-0.2, 0) is 17.8 Å². The number of para-hydroxylation sites is 1. The van der Waals surface area contributed by atoms with E-state index in [2.05, 4.69) is 38.4 Å². The van der Waals surface area contributed by atoms with E-state index >= 15 is 0 Å². The molecule has 192 valence electrons. The molecule has 4 rings (SSSR count). The number of carbonyl (C=O) groups excluding carboxylic acids is 2. The molecule has 0 atom stereocenters. The number of nitrogens with zero attached hydrogens (tertiary/aromatic N) is 2. The van der Waals surface area contributed by atoms with Crippen LogP contribution in [0.2, 0.25) is 0 Å². The number of halogens is 1. The summed E-state index contributed by atoms with van der Waals surface area (Å²) < 4.78 is 0.937. The van der Waals surface area contributed by atoms with E-state index in [1.165, 1.54) is 10.9 Å². The Bertz CT molecular complexity index is 1320. The van der Waals surface area contributed by atoms with Crippen molar-refractivity contribution in [3.63, 3.8) is 0 Å². The first kappa shape index (κ1) is 26.5. The van der Waals surface area contributed by atoms with Gasteiger partial charge in [-0.25, -0.2) is 4.79 Å². The van der Waals surface area contributed by atoms with Gasteiger partial charge in [0.05, 0.1) is 0 Å². The minimum Gasteiger partial charge on any atom is -0.361 e. The van der Waals surface area contributed by atoms with Crippen molar-refractivity contribution in [3.05, 3.63) is 101 Å². The highest BCUT2D eigenvalue weighted by Crippen LogP contribution is 2.19. The zero-order valence-electron chi connectivity index (χ0n) is 21.3. The molecule has 2 N–H and O–H groups in total. The van der Waals surface area contributed by atoms with Gasteiger partial charge in [0.2, 0.25) is 5.91 Å². The largest absolute Gasteiger partial charge is 0.361 e. The fourth-order valence-electron chi connectivity index (χ4n) is 4.35. The highest BCUT2D eigenvalue weighted by molar-refractivity contribution is 9.10. The van der Waals surface area contributed by atoms with Gasteiger partial charge >= 0.3 is 6.03 Å². The number of fused-ring (bicyclic) bond motifs is 1. The summed E-state index contributed by atoms with van der Waals surface area (Å²) in [6, 6.07) is 25.3. The lowest BCUT2D eigenvalue weighted by molar-refractivity contribution is -0.132. The lowest BCUT2D eigenvalue weighted by Gasteiger charge is -2.29. The lowest BCUT2D eigenvalue weighted by Crippen LogP contribution is -2.46. The van der Waals surface area contributed by atoms with E-state index in [1.54, 1.807) is 4.90 Å². The van der Waals surface area contributed by atoms with Crippen molar-refractivity contribution in [3.8, 4) is 0 Å². The number of H-pyrrole nitrogens is 1. The van der Waals surface area contributed by atoms with Crippen LogP contribution in [0.5, 0.6) is 0 Å². The van der Waals surface area contributed by atoms with Crippen molar-refractivity contribution in [1.29, 1.82) is 0 Å². The highest BCUT2D eigenvalue weighted by atomic mass is 79.9. The first-order chi connectivity index (χ1) is 17.9. The molecule has 7 heteroatoms. The smallest absolute Gasteiger partial charge is 0.322 e. The van der Waals surface area contributed by atoms with Crippen molar-refractivity contribution in [2.75, 3.05) is 25.0 Å². The Morgan fingerprint density at radius 1 is 0.919 bits per heavy atom. The predicted molar refractivity (Wildman–Crippen MR) is 153 cm³/mol. The third kappa shape index (κ3) is 7.46. The average molecular weight is 562 g/mol. The highest BCUT2D eigenvalue weighted by Gasteiger charge is 2.23. The number of amides is 3. The molecule has 6 nitrogen and oxygen atoms in total. The van der Waals surface area contributed by atoms with Crippen molar-refractivity contribution >= 4 is 44.5 Å². The number of benzene rings is 3. The summed E-state index contributed by atoms with van der Waals surface area (Å²) in [6.07, 6.45) is 2.74. The number of nitrogens with one attached hydrogen (secondary N) is 2. The Labute approximate surface area is 226 Å². The second-order valence-corrected chi connectivity index (χ2v) is 10.5. The van der Waals surface area contributed by atoms with Gasteiger partial charge in [-0.3, -0.25) is 4.79 Å². The van der Waals surface area contributed by atoms with Crippen molar-refractivity contribution in [2.24, 2.45) is 5.92 Å². The second-order valence-electron chi connectivity index (χ2n) is 9.62. The van der Waals surface area contributed by atoms with Crippen molar-refractivity contribution in [2.45, 2.75) is 26.8 Å². The lowest BCUT2D eigenvalue weighted by atomic mass is 10.1. The molecule has 0 radical (unpaired) electrons. The first-order valence-electron chi connectivity index (χ1n) is 12.6. The van der Waals surface area contributed by atoms with Gasteiger partial charge in [-0.05, 0) is 53.8 Å². The SMILES string of the molecule is CC(C)CN(CC(=O)N(CCc1c[nH]c2ccccc12)Cc1ccccc1)C(=O)Nc1ccc(Br)cc1. The molecule has 1 aromatic heterocycles. The minimum atomic E-state index is -0.277. The van der Waals surface area contributed by atoms with E-state index < -0.39 is 0 Å². The molecule has 3 amide bonds. The maximum Gasteiger partial charge on any atom is 0.322 e. The summed E-state index contributed by atoms with van der Waals surface area (Å²) in [6.45, 7) is 5.63. The first-order valence-corrected chi connectivity index (χ1v) is 13.4. The Kier molecular flexibility index (Phi) is 9.01. The number of anilines is 1. The number of hydrogen-bond acceptors (Lipinski definition) is 2. The molecule has 0 aliphatic rings. The number of aromatic amines is 1. The number of urea groups is 1. The molecule has 0 saturated heterocycles. The van der Waals surface area contributed by atoms with Gasteiger partial charge in [-0.2, -0.15) is 0 Å². The molecule has 0 saturated carbocycles. The van der Waals surface area contributed by atoms with Crippen LogP contribution in [0.1, 0.15) is 25.0 Å². The predicted octanol–water partition coefficient (Wildman–Crippen LogP) is 6.69. The molecule has 4 aromatic rings. The van der Waals surface area contributed by atoms with Crippen LogP contribution < -0.4 is 5.32 Å². The number of aromatic nitrogens is 1. The van der Waals surface area contributed by atoms with Gasteiger partial charge < -0.3 is 20.1 Å². The molecule has 3 aromatic carbocycles. The molecule has 37 heavy (non-hydrogen) atoms. The zero-order valence-corrected chi connectivity index (χ0v) is 22.9. The van der Waals surface area contributed by atoms with E-state index in [0.29, 0.717) is 25.3 Å². The quantitative estimate of drug-likeness (QED) is 0.227. The standard InChI is InChI=1S/C30H33BrN4O2/c1-22(2)19-35(30(37)33-26-14-12-25(31)13-15-26)21-29(36)34(20-23-8-4-3-5-9-23)17-16-24-18-32-28-11-7-6-10-27(24)28/h3-15,18,22,32H,16-17,19-21H2,1-2H3,(H,33,37). The van der Waals surface area contributed by atoms with Crippen LogP contribution in [0.4, 0.5) is 10.5 Å². The Hall–Kier alpha value is -3.58. The molecular weight excluding hydrogens is 528 g/mol. The maximum absolute atomic E-state index is 13.7. The van der Waals surface area contributed by atoms with E-state index in [4.69, 9.17) is 0 Å². The van der Waals surface area contributed by atoms with E-state index in [9.17, 15) is 9.59 Å².